The maximum atomic E-state index is 12.3. The third kappa shape index (κ3) is 3.10. The summed E-state index contributed by atoms with van der Waals surface area (Å²) < 4.78 is 35.7. The Hall–Kier alpha value is -0.960. The van der Waals surface area contributed by atoms with Crippen LogP contribution in [0.1, 0.15) is 31.2 Å². The second kappa shape index (κ2) is 6.02. The molecule has 1 aromatic rings. The zero-order chi connectivity index (χ0) is 17.9. The van der Waals surface area contributed by atoms with E-state index in [1.165, 1.54) is 5.56 Å². The lowest BCUT2D eigenvalue weighted by Gasteiger charge is -2.29. The van der Waals surface area contributed by atoms with E-state index < -0.39 is 10.0 Å². The Morgan fingerprint density at radius 3 is 2.96 bits per heavy atom. The fourth-order valence-corrected chi connectivity index (χ4v) is 6.89. The predicted molar refractivity (Wildman–Crippen MR) is 96.8 cm³/mol. The molecule has 0 aromatic carbocycles. The van der Waals surface area contributed by atoms with Crippen LogP contribution in [0.5, 0.6) is 0 Å². The molecule has 1 N–H and O–H groups in total. The quantitative estimate of drug-likeness (QED) is 0.755. The van der Waals surface area contributed by atoms with Gasteiger partial charge in [-0.25, -0.2) is 13.1 Å². The number of ether oxygens (including phenoxy) is 1. The standard InChI is InChI=1S/C18H28N4O3S/c1-21-8-14(6-19-21)9-22-10-16-15(17-4-5-18(16,12-22)25-17)7-20-26(23,24)11-13-2-3-13/h6,8,13,15-17,20H,2-5,7,9-12H2,1H3/t15-,16+,17+,18+/m0/s1. The summed E-state index contributed by atoms with van der Waals surface area (Å²) in [7, 11) is -1.20. The van der Waals surface area contributed by atoms with E-state index in [0.717, 1.165) is 45.3 Å². The molecule has 8 heteroatoms. The van der Waals surface area contributed by atoms with Gasteiger partial charge in [-0.15, -0.1) is 0 Å². The Kier molecular flexibility index (Phi) is 3.97. The van der Waals surface area contributed by atoms with Crippen molar-refractivity contribution in [1.29, 1.82) is 0 Å². The van der Waals surface area contributed by atoms with Crippen LogP contribution in [0.3, 0.4) is 0 Å². The predicted octanol–water partition coefficient (Wildman–Crippen LogP) is 0.729. The van der Waals surface area contributed by atoms with E-state index in [1.807, 2.05) is 17.9 Å². The molecule has 3 saturated heterocycles. The van der Waals surface area contributed by atoms with Crippen LogP contribution >= 0.6 is 0 Å². The molecule has 7 nitrogen and oxygen atoms in total. The molecule has 1 aliphatic carbocycles. The largest absolute Gasteiger partial charge is 0.370 e. The highest BCUT2D eigenvalue weighted by atomic mass is 32.2. The maximum absolute atomic E-state index is 12.3. The van der Waals surface area contributed by atoms with Crippen LogP contribution in [0.2, 0.25) is 0 Å². The fraction of sp³-hybridized carbons (Fsp3) is 0.833. The van der Waals surface area contributed by atoms with E-state index in [0.29, 0.717) is 30.1 Å². The minimum atomic E-state index is -3.14. The molecule has 26 heavy (non-hydrogen) atoms. The average molecular weight is 381 g/mol. The zero-order valence-corrected chi connectivity index (χ0v) is 16.1. The number of likely N-dealkylation sites (tertiary alicyclic amines) is 1. The molecule has 0 unspecified atom stereocenters. The van der Waals surface area contributed by atoms with E-state index in [9.17, 15) is 8.42 Å². The summed E-state index contributed by atoms with van der Waals surface area (Å²) in [4.78, 5) is 2.45. The second-order valence-corrected chi connectivity index (χ2v) is 10.6. The Balaban J connectivity index is 1.24. The molecule has 1 saturated carbocycles. The Morgan fingerprint density at radius 2 is 2.23 bits per heavy atom. The molecule has 5 rings (SSSR count). The molecule has 4 atom stereocenters. The smallest absolute Gasteiger partial charge is 0.211 e. The number of aryl methyl sites for hydroxylation is 1. The van der Waals surface area contributed by atoms with E-state index in [4.69, 9.17) is 4.74 Å². The molecule has 1 aromatic heterocycles. The van der Waals surface area contributed by atoms with Gasteiger partial charge in [0, 0.05) is 56.8 Å². The molecule has 4 aliphatic rings. The summed E-state index contributed by atoms with van der Waals surface area (Å²) >= 11 is 0. The molecule has 4 fully saturated rings. The first-order valence-electron chi connectivity index (χ1n) is 9.77. The average Bonchev–Trinajstić information content (AvgIpc) is 2.94. The van der Waals surface area contributed by atoms with E-state index in [2.05, 4.69) is 20.9 Å². The number of aromatic nitrogens is 2. The van der Waals surface area contributed by atoms with Crippen LogP contribution < -0.4 is 4.72 Å². The molecule has 144 valence electrons. The zero-order valence-electron chi connectivity index (χ0n) is 15.3. The summed E-state index contributed by atoms with van der Waals surface area (Å²) in [6, 6.07) is 0. The first kappa shape index (κ1) is 17.2. The minimum Gasteiger partial charge on any atom is -0.370 e. The summed E-state index contributed by atoms with van der Waals surface area (Å²) in [6.07, 6.45) is 8.50. The summed E-state index contributed by atoms with van der Waals surface area (Å²) in [5.41, 5.74) is 1.17. The lowest BCUT2D eigenvalue weighted by molar-refractivity contribution is 0.00220. The topological polar surface area (TPSA) is 76.5 Å². The molecular weight excluding hydrogens is 352 g/mol. The molecule has 4 heterocycles. The summed E-state index contributed by atoms with van der Waals surface area (Å²) in [6.45, 7) is 3.36. The normalized spacial score (nSPS) is 36.7. The van der Waals surface area contributed by atoms with Crippen molar-refractivity contribution in [3.05, 3.63) is 18.0 Å². The molecule has 3 aliphatic heterocycles. The van der Waals surface area contributed by atoms with Crippen LogP contribution in [-0.2, 0) is 28.4 Å². The van der Waals surface area contributed by atoms with Gasteiger partial charge in [0.05, 0.1) is 23.7 Å². The summed E-state index contributed by atoms with van der Waals surface area (Å²) in [5, 5.41) is 4.26. The van der Waals surface area contributed by atoms with Crippen LogP contribution in [0.4, 0.5) is 0 Å². The van der Waals surface area contributed by atoms with Crippen LogP contribution in [0.25, 0.3) is 0 Å². The number of nitrogens with one attached hydrogen (secondary N) is 1. The van der Waals surface area contributed by atoms with Gasteiger partial charge >= 0.3 is 0 Å². The van der Waals surface area contributed by atoms with Gasteiger partial charge in [-0.3, -0.25) is 9.58 Å². The Bertz CT molecular complexity index is 790. The van der Waals surface area contributed by atoms with Crippen molar-refractivity contribution < 1.29 is 13.2 Å². The van der Waals surface area contributed by atoms with Crippen LogP contribution in [0, 0.1) is 17.8 Å². The highest BCUT2D eigenvalue weighted by Gasteiger charge is 2.62. The number of hydrogen-bond acceptors (Lipinski definition) is 5. The van der Waals surface area contributed by atoms with Crippen LogP contribution in [0.15, 0.2) is 12.4 Å². The molecular formula is C18H28N4O3S. The fourth-order valence-electron chi connectivity index (χ4n) is 5.37. The Labute approximate surface area is 155 Å². The number of sulfonamides is 1. The first-order chi connectivity index (χ1) is 12.4. The minimum absolute atomic E-state index is 0.0561. The van der Waals surface area contributed by atoms with Crippen molar-refractivity contribution in [1.82, 2.24) is 19.4 Å². The lowest BCUT2D eigenvalue weighted by atomic mass is 9.74. The van der Waals surface area contributed by atoms with Gasteiger partial charge in [0.25, 0.3) is 0 Å². The van der Waals surface area contributed by atoms with Gasteiger partial charge in [0.1, 0.15) is 0 Å². The monoisotopic (exact) mass is 380 g/mol. The van der Waals surface area contributed by atoms with E-state index >= 15 is 0 Å². The SMILES string of the molecule is Cn1cc(CN2C[C@@H]3[C@H](CNS(=O)(=O)CC4CC4)[C@H]4CC[C@]3(C2)O4)cn1. The van der Waals surface area contributed by atoms with Gasteiger partial charge in [-0.1, -0.05) is 0 Å². The van der Waals surface area contributed by atoms with Gasteiger partial charge in [-0.05, 0) is 31.6 Å². The van der Waals surface area contributed by atoms with E-state index in [-0.39, 0.29) is 11.7 Å². The van der Waals surface area contributed by atoms with Crippen molar-refractivity contribution >= 4 is 10.0 Å². The lowest BCUT2D eigenvalue weighted by Crippen LogP contribution is -2.42. The van der Waals surface area contributed by atoms with Crippen molar-refractivity contribution in [2.24, 2.45) is 24.8 Å². The van der Waals surface area contributed by atoms with Crippen molar-refractivity contribution in [3.8, 4) is 0 Å². The van der Waals surface area contributed by atoms with Gasteiger partial charge in [0.15, 0.2) is 0 Å². The molecule has 1 spiro atoms. The van der Waals surface area contributed by atoms with Gasteiger partial charge < -0.3 is 4.74 Å². The number of hydrogen-bond donors (Lipinski definition) is 1. The third-order valence-corrected chi connectivity index (χ3v) is 8.23. The molecule has 2 bridgehead atoms. The van der Waals surface area contributed by atoms with E-state index in [1.54, 1.807) is 0 Å². The highest BCUT2D eigenvalue weighted by molar-refractivity contribution is 7.89. The third-order valence-electron chi connectivity index (χ3n) is 6.71. The number of rotatable bonds is 7. The second-order valence-electron chi connectivity index (χ2n) is 8.80. The van der Waals surface area contributed by atoms with Crippen molar-refractivity contribution in [2.45, 2.75) is 43.9 Å². The summed E-state index contributed by atoms with van der Waals surface area (Å²) in [5.74, 6) is 1.42. The number of fused-ring (bicyclic) bond motifs is 1. The van der Waals surface area contributed by atoms with Crippen molar-refractivity contribution in [3.63, 3.8) is 0 Å². The maximum Gasteiger partial charge on any atom is 0.211 e. The molecule has 0 amide bonds. The Morgan fingerprint density at radius 1 is 1.38 bits per heavy atom. The number of nitrogens with zero attached hydrogens (tertiary/aromatic N) is 3. The van der Waals surface area contributed by atoms with Crippen LogP contribution in [-0.4, -0.2) is 60.2 Å². The first-order valence-corrected chi connectivity index (χ1v) is 11.4. The van der Waals surface area contributed by atoms with Gasteiger partial charge in [0.2, 0.25) is 10.0 Å². The highest BCUT2D eigenvalue weighted by Crippen LogP contribution is 2.54. The molecule has 0 radical (unpaired) electrons. The van der Waals surface area contributed by atoms with Crippen molar-refractivity contribution in [2.75, 3.05) is 25.4 Å². The van der Waals surface area contributed by atoms with Gasteiger partial charge in [-0.2, -0.15) is 5.10 Å².